The Morgan fingerprint density at radius 3 is 2.30 bits per heavy atom. The lowest BCUT2D eigenvalue weighted by Crippen LogP contribution is -2.41. The minimum atomic E-state index is -2.13. The van der Waals surface area contributed by atoms with Crippen LogP contribution in [0.5, 0.6) is 0 Å². The smallest absolute Gasteiger partial charge is 0.326 e. The summed E-state index contributed by atoms with van der Waals surface area (Å²) in [6.07, 6.45) is 0.459. The van der Waals surface area contributed by atoms with Crippen LogP contribution < -0.4 is 5.32 Å². The summed E-state index contributed by atoms with van der Waals surface area (Å²) in [5.41, 5.74) is -1.09. The molecule has 0 bridgehead atoms. The van der Waals surface area contributed by atoms with Crippen molar-refractivity contribution < 1.29 is 32.3 Å². The minimum Gasteiger partial charge on any atom is -0.480 e. The number of hydrogen-bond acceptors (Lipinski definition) is 2. The molecule has 0 aliphatic carbocycles. The molecule has 0 saturated heterocycles. The van der Waals surface area contributed by atoms with Gasteiger partial charge in [0.1, 0.15) is 6.04 Å². The molecule has 0 saturated carbocycles. The molecule has 0 aliphatic rings. The Bertz CT molecular complexity index is 548. The van der Waals surface area contributed by atoms with Crippen molar-refractivity contribution in [3.63, 3.8) is 0 Å². The van der Waals surface area contributed by atoms with Crippen LogP contribution in [-0.4, -0.2) is 23.0 Å². The highest BCUT2D eigenvalue weighted by atomic mass is 19.2. The molecule has 0 aliphatic heterocycles. The zero-order valence-corrected chi connectivity index (χ0v) is 10.3. The first-order valence-corrected chi connectivity index (χ1v) is 5.66. The van der Waals surface area contributed by atoms with Gasteiger partial charge in [0.2, 0.25) is 0 Å². The summed E-state index contributed by atoms with van der Waals surface area (Å²) in [4.78, 5) is 22.4. The van der Waals surface area contributed by atoms with Gasteiger partial charge in [-0.2, -0.15) is 0 Å². The van der Waals surface area contributed by atoms with Gasteiger partial charge in [0, 0.05) is 0 Å². The number of amides is 1. The fraction of sp³-hybridized carbons (Fsp3) is 0.333. The van der Waals surface area contributed by atoms with Crippen LogP contribution in [0.2, 0.25) is 0 Å². The highest BCUT2D eigenvalue weighted by molar-refractivity contribution is 5.96. The summed E-state index contributed by atoms with van der Waals surface area (Å²) in [5, 5.41) is 10.7. The van der Waals surface area contributed by atoms with Crippen LogP contribution in [0.3, 0.4) is 0 Å². The first-order chi connectivity index (χ1) is 9.29. The predicted octanol–water partition coefficient (Wildman–Crippen LogP) is 2.23. The number of benzene rings is 1. The van der Waals surface area contributed by atoms with Gasteiger partial charge in [-0.1, -0.05) is 13.3 Å². The van der Waals surface area contributed by atoms with Crippen molar-refractivity contribution in [3.05, 3.63) is 34.9 Å². The van der Waals surface area contributed by atoms with Crippen molar-refractivity contribution in [1.82, 2.24) is 5.32 Å². The normalized spacial score (nSPS) is 12.1. The van der Waals surface area contributed by atoms with Crippen LogP contribution in [-0.2, 0) is 4.79 Å². The van der Waals surface area contributed by atoms with Gasteiger partial charge in [-0.3, -0.25) is 4.79 Å². The Labute approximate surface area is 111 Å². The van der Waals surface area contributed by atoms with Crippen molar-refractivity contribution in [2.24, 2.45) is 0 Å². The second-order valence-electron chi connectivity index (χ2n) is 4.00. The largest absolute Gasteiger partial charge is 0.480 e. The third-order valence-electron chi connectivity index (χ3n) is 2.53. The zero-order chi connectivity index (χ0) is 15.4. The lowest BCUT2D eigenvalue weighted by atomic mass is 10.1. The third kappa shape index (κ3) is 3.25. The van der Waals surface area contributed by atoms with Gasteiger partial charge >= 0.3 is 5.97 Å². The molecule has 0 heterocycles. The average Bonchev–Trinajstić information content (AvgIpc) is 2.39. The van der Waals surface area contributed by atoms with Gasteiger partial charge in [-0.25, -0.2) is 22.4 Å². The maximum absolute atomic E-state index is 13.3. The Morgan fingerprint density at radius 2 is 1.80 bits per heavy atom. The van der Waals surface area contributed by atoms with Crippen molar-refractivity contribution in [1.29, 1.82) is 0 Å². The van der Waals surface area contributed by atoms with E-state index >= 15 is 0 Å². The quantitative estimate of drug-likeness (QED) is 0.497. The van der Waals surface area contributed by atoms with Gasteiger partial charge in [0.25, 0.3) is 5.91 Å². The fourth-order valence-electron chi connectivity index (χ4n) is 1.52. The number of halogens is 4. The minimum absolute atomic E-state index is 0.0504. The molecule has 20 heavy (non-hydrogen) atoms. The van der Waals surface area contributed by atoms with Crippen molar-refractivity contribution in [2.45, 2.75) is 25.8 Å². The Kier molecular flexibility index (Phi) is 5.06. The average molecular weight is 293 g/mol. The maximum Gasteiger partial charge on any atom is 0.326 e. The van der Waals surface area contributed by atoms with E-state index in [9.17, 15) is 27.2 Å². The third-order valence-corrected chi connectivity index (χ3v) is 2.53. The molecule has 1 rings (SSSR count). The molecule has 110 valence electrons. The Morgan fingerprint density at radius 1 is 1.20 bits per heavy atom. The standard InChI is InChI=1S/C12H11F4NO3/c1-2-3-7(12(19)20)17-11(18)5-4-6(13)9(15)10(16)8(5)14/h4,7H,2-3H2,1H3,(H,17,18)(H,19,20)/t7-/m0/s1. The van der Waals surface area contributed by atoms with E-state index < -0.39 is 46.8 Å². The first kappa shape index (κ1) is 15.9. The molecule has 2 N–H and O–H groups in total. The van der Waals surface area contributed by atoms with Gasteiger partial charge in [0.15, 0.2) is 23.3 Å². The van der Waals surface area contributed by atoms with Crippen molar-refractivity contribution in [2.75, 3.05) is 0 Å². The zero-order valence-electron chi connectivity index (χ0n) is 10.3. The van der Waals surface area contributed by atoms with E-state index in [1.165, 1.54) is 0 Å². The fourth-order valence-corrected chi connectivity index (χ4v) is 1.52. The van der Waals surface area contributed by atoms with Crippen LogP contribution >= 0.6 is 0 Å². The van der Waals surface area contributed by atoms with Crippen LogP contribution in [0.15, 0.2) is 6.07 Å². The molecule has 0 spiro atoms. The summed E-state index contributed by atoms with van der Waals surface area (Å²) in [6, 6.07) is -1.16. The number of rotatable bonds is 5. The number of nitrogens with one attached hydrogen (secondary N) is 1. The van der Waals surface area contributed by atoms with Crippen molar-refractivity contribution >= 4 is 11.9 Å². The molecule has 4 nitrogen and oxygen atoms in total. The molecule has 0 unspecified atom stereocenters. The number of carbonyl (C=O) groups excluding carboxylic acids is 1. The summed E-state index contributed by atoms with van der Waals surface area (Å²) in [7, 11) is 0. The number of carbonyl (C=O) groups is 2. The molecule has 1 aromatic carbocycles. The van der Waals surface area contributed by atoms with Crippen LogP contribution in [0.4, 0.5) is 17.6 Å². The van der Waals surface area contributed by atoms with Crippen LogP contribution in [0, 0.1) is 23.3 Å². The summed E-state index contributed by atoms with van der Waals surface area (Å²) in [5.74, 6) is -10.5. The lowest BCUT2D eigenvalue weighted by Gasteiger charge is -2.14. The Hall–Kier alpha value is -2.12. The number of hydrogen-bond donors (Lipinski definition) is 2. The van der Waals surface area contributed by atoms with E-state index in [2.05, 4.69) is 0 Å². The van der Waals surface area contributed by atoms with Gasteiger partial charge in [0.05, 0.1) is 5.56 Å². The van der Waals surface area contributed by atoms with Crippen LogP contribution in [0.25, 0.3) is 0 Å². The first-order valence-electron chi connectivity index (χ1n) is 5.66. The summed E-state index contributed by atoms with van der Waals surface area (Å²) in [6.45, 7) is 1.65. The Balaban J connectivity index is 3.07. The molecular formula is C12H11F4NO3. The van der Waals surface area contributed by atoms with E-state index in [1.54, 1.807) is 6.92 Å². The molecule has 0 radical (unpaired) electrons. The second kappa shape index (κ2) is 6.36. The van der Waals surface area contributed by atoms with Gasteiger partial charge < -0.3 is 10.4 Å². The monoisotopic (exact) mass is 293 g/mol. The van der Waals surface area contributed by atoms with Gasteiger partial charge in [-0.15, -0.1) is 0 Å². The SMILES string of the molecule is CCC[C@H](NC(=O)c1cc(F)c(F)c(F)c1F)C(=O)O. The molecule has 0 fully saturated rings. The van der Waals surface area contributed by atoms with E-state index in [0.29, 0.717) is 6.42 Å². The van der Waals surface area contributed by atoms with Crippen molar-refractivity contribution in [3.8, 4) is 0 Å². The highest BCUT2D eigenvalue weighted by Gasteiger charge is 2.26. The highest BCUT2D eigenvalue weighted by Crippen LogP contribution is 2.18. The predicted molar refractivity (Wildman–Crippen MR) is 60.1 cm³/mol. The summed E-state index contributed by atoms with van der Waals surface area (Å²) >= 11 is 0. The molecule has 0 aromatic heterocycles. The molecule has 1 atom stereocenters. The molecule has 8 heteroatoms. The molecule has 1 aromatic rings. The number of aliphatic carboxylic acids is 1. The van der Waals surface area contributed by atoms with Crippen LogP contribution in [0.1, 0.15) is 30.1 Å². The number of carboxylic acid groups (broad SMARTS) is 1. The molecular weight excluding hydrogens is 282 g/mol. The maximum atomic E-state index is 13.3. The second-order valence-corrected chi connectivity index (χ2v) is 4.00. The van der Waals surface area contributed by atoms with E-state index in [-0.39, 0.29) is 12.5 Å². The summed E-state index contributed by atoms with van der Waals surface area (Å²) < 4.78 is 52.0. The lowest BCUT2D eigenvalue weighted by molar-refractivity contribution is -0.139. The van der Waals surface area contributed by atoms with Gasteiger partial charge in [-0.05, 0) is 12.5 Å². The number of carboxylic acids is 1. The molecule has 1 amide bonds. The van der Waals surface area contributed by atoms with E-state index in [4.69, 9.17) is 5.11 Å². The van der Waals surface area contributed by atoms with E-state index in [1.807, 2.05) is 5.32 Å². The van der Waals surface area contributed by atoms with E-state index in [0.717, 1.165) is 0 Å². The topological polar surface area (TPSA) is 66.4 Å².